The smallest absolute Gasteiger partial charge is 0.251 e. The number of amides is 1. The minimum absolute atomic E-state index is 0.00869. The summed E-state index contributed by atoms with van der Waals surface area (Å²) in [5.41, 5.74) is 1.81. The van der Waals surface area contributed by atoms with Crippen LogP contribution in [0.2, 0.25) is 0 Å². The number of likely N-dealkylation sites (N-methyl/N-ethyl adjacent to an activating group) is 1. The normalized spacial score (nSPS) is 15.1. The van der Waals surface area contributed by atoms with Crippen LogP contribution in [0.15, 0.2) is 46.8 Å². The van der Waals surface area contributed by atoms with E-state index in [1.165, 1.54) is 4.88 Å². The van der Waals surface area contributed by atoms with Crippen LogP contribution in [0.3, 0.4) is 0 Å². The molecule has 0 fully saturated rings. The average molecular weight is 406 g/mol. The SMILES string of the molecule is CN(C)[C@@H](CNC(=O)c1ccccc1CSC1=NCCS1)c1cccs1. The number of nitrogens with one attached hydrogen (secondary N) is 1. The molecule has 138 valence electrons. The molecule has 1 aliphatic heterocycles. The highest BCUT2D eigenvalue weighted by Gasteiger charge is 2.18. The van der Waals surface area contributed by atoms with Gasteiger partial charge in [-0.1, -0.05) is 47.8 Å². The fourth-order valence-corrected chi connectivity index (χ4v) is 5.65. The molecule has 26 heavy (non-hydrogen) atoms. The van der Waals surface area contributed by atoms with Crippen LogP contribution in [0.4, 0.5) is 0 Å². The maximum atomic E-state index is 12.8. The molecule has 2 aromatic rings. The first-order valence-corrected chi connectivity index (χ1v) is 11.4. The van der Waals surface area contributed by atoms with Gasteiger partial charge in [-0.2, -0.15) is 0 Å². The Labute approximate surface area is 167 Å². The van der Waals surface area contributed by atoms with Crippen molar-refractivity contribution in [3.05, 3.63) is 57.8 Å². The molecule has 1 atom stereocenters. The molecule has 0 radical (unpaired) electrons. The molecule has 0 unspecified atom stereocenters. The lowest BCUT2D eigenvalue weighted by atomic mass is 10.1. The highest BCUT2D eigenvalue weighted by Crippen LogP contribution is 2.27. The van der Waals surface area contributed by atoms with Crippen LogP contribution in [0.1, 0.15) is 26.8 Å². The summed E-state index contributed by atoms with van der Waals surface area (Å²) in [6, 6.07) is 12.2. The first-order valence-electron chi connectivity index (χ1n) is 8.51. The monoisotopic (exact) mass is 405 g/mol. The second-order valence-corrected chi connectivity index (χ2v) is 9.43. The van der Waals surface area contributed by atoms with Crippen molar-refractivity contribution in [2.75, 3.05) is 32.9 Å². The summed E-state index contributed by atoms with van der Waals surface area (Å²) in [5, 5.41) is 5.19. The lowest BCUT2D eigenvalue weighted by molar-refractivity contribution is 0.0941. The van der Waals surface area contributed by atoms with Gasteiger partial charge in [0.1, 0.15) is 4.38 Å². The molecule has 1 aromatic heterocycles. The fraction of sp³-hybridized carbons (Fsp3) is 0.368. The van der Waals surface area contributed by atoms with Crippen LogP contribution in [0, 0.1) is 0 Å². The Bertz CT molecular complexity index is 759. The number of benzene rings is 1. The van der Waals surface area contributed by atoms with Crippen LogP contribution in [-0.2, 0) is 5.75 Å². The minimum atomic E-state index is -0.00869. The van der Waals surface area contributed by atoms with Gasteiger partial charge in [0.05, 0.1) is 12.6 Å². The molecule has 0 aliphatic carbocycles. The maximum Gasteiger partial charge on any atom is 0.251 e. The Hall–Kier alpha value is -1.28. The Balaban J connectivity index is 1.63. The number of carbonyl (C=O) groups is 1. The average Bonchev–Trinajstić information content (AvgIpc) is 3.34. The molecule has 1 N–H and O–H groups in total. The zero-order valence-corrected chi connectivity index (χ0v) is 17.4. The van der Waals surface area contributed by atoms with Gasteiger partial charge < -0.3 is 10.2 Å². The molecule has 3 rings (SSSR count). The number of hydrogen-bond donors (Lipinski definition) is 1. The van der Waals surface area contributed by atoms with Crippen molar-refractivity contribution in [1.29, 1.82) is 0 Å². The molecule has 0 saturated carbocycles. The predicted octanol–water partition coefficient (Wildman–Crippen LogP) is 4.12. The first-order chi connectivity index (χ1) is 12.6. The molecule has 1 aromatic carbocycles. The van der Waals surface area contributed by atoms with E-state index in [2.05, 4.69) is 32.7 Å². The molecule has 0 saturated heterocycles. The van der Waals surface area contributed by atoms with Crippen molar-refractivity contribution in [1.82, 2.24) is 10.2 Å². The van der Waals surface area contributed by atoms with Gasteiger partial charge in [-0.3, -0.25) is 9.79 Å². The Morgan fingerprint density at radius 3 is 2.85 bits per heavy atom. The van der Waals surface area contributed by atoms with Gasteiger partial charge in [0, 0.05) is 28.5 Å². The van der Waals surface area contributed by atoms with Crippen molar-refractivity contribution in [3.63, 3.8) is 0 Å². The van der Waals surface area contributed by atoms with Crippen LogP contribution < -0.4 is 5.32 Å². The molecule has 1 aliphatic rings. The third kappa shape index (κ3) is 5.13. The van der Waals surface area contributed by atoms with Gasteiger partial charge >= 0.3 is 0 Å². The molecular formula is C19H23N3OS3. The largest absolute Gasteiger partial charge is 0.350 e. The third-order valence-electron chi connectivity index (χ3n) is 4.12. The molecule has 4 nitrogen and oxygen atoms in total. The predicted molar refractivity (Wildman–Crippen MR) is 116 cm³/mol. The summed E-state index contributed by atoms with van der Waals surface area (Å²) >= 11 is 5.24. The van der Waals surface area contributed by atoms with E-state index in [0.29, 0.717) is 6.54 Å². The van der Waals surface area contributed by atoms with E-state index in [0.717, 1.165) is 33.6 Å². The molecule has 0 bridgehead atoms. The third-order valence-corrected chi connectivity index (χ3v) is 7.40. The van der Waals surface area contributed by atoms with Gasteiger partial charge in [-0.25, -0.2) is 0 Å². The van der Waals surface area contributed by atoms with Gasteiger partial charge in [0.15, 0.2) is 0 Å². The number of carbonyl (C=O) groups excluding carboxylic acids is 1. The molecule has 1 amide bonds. The van der Waals surface area contributed by atoms with Crippen molar-refractivity contribution in [3.8, 4) is 0 Å². The van der Waals surface area contributed by atoms with Gasteiger partial charge in [0.2, 0.25) is 0 Å². The standard InChI is InChI=1S/C19H23N3OS3/c1-22(2)16(17-8-5-10-24-17)12-21-18(23)15-7-4-3-6-14(15)13-26-19-20-9-11-25-19/h3-8,10,16H,9,11-13H2,1-2H3,(H,21,23)/t16-/m0/s1. The van der Waals surface area contributed by atoms with E-state index in [1.54, 1.807) is 34.9 Å². The van der Waals surface area contributed by atoms with Crippen LogP contribution in [0.5, 0.6) is 0 Å². The number of rotatable bonds is 7. The highest BCUT2D eigenvalue weighted by atomic mass is 32.2. The summed E-state index contributed by atoms with van der Waals surface area (Å²) in [5.74, 6) is 1.84. The molecule has 2 heterocycles. The zero-order valence-electron chi connectivity index (χ0n) is 15.0. The molecule has 0 spiro atoms. The van der Waals surface area contributed by atoms with Crippen molar-refractivity contribution >= 4 is 45.1 Å². The van der Waals surface area contributed by atoms with Gasteiger partial charge in [0.25, 0.3) is 5.91 Å². The maximum absolute atomic E-state index is 12.8. The summed E-state index contributed by atoms with van der Waals surface area (Å²) in [6.45, 7) is 1.50. The lowest BCUT2D eigenvalue weighted by Gasteiger charge is -2.23. The summed E-state index contributed by atoms with van der Waals surface area (Å²) < 4.78 is 1.13. The van der Waals surface area contributed by atoms with E-state index in [9.17, 15) is 4.79 Å². The van der Waals surface area contributed by atoms with E-state index >= 15 is 0 Å². The quantitative estimate of drug-likeness (QED) is 0.753. The lowest BCUT2D eigenvalue weighted by Crippen LogP contribution is -2.34. The second-order valence-electron chi connectivity index (χ2n) is 6.15. The number of nitrogens with zero attached hydrogens (tertiary/aromatic N) is 2. The van der Waals surface area contributed by atoms with Crippen molar-refractivity contribution in [2.24, 2.45) is 4.99 Å². The first kappa shape index (κ1) is 19.5. The van der Waals surface area contributed by atoms with Crippen LogP contribution >= 0.6 is 34.9 Å². The summed E-state index contributed by atoms with van der Waals surface area (Å²) in [4.78, 5) is 20.7. The molecule has 7 heteroatoms. The molecular weight excluding hydrogens is 382 g/mol. The van der Waals surface area contributed by atoms with E-state index < -0.39 is 0 Å². The Morgan fingerprint density at radius 2 is 2.15 bits per heavy atom. The number of thioether (sulfide) groups is 2. The van der Waals surface area contributed by atoms with Crippen molar-refractivity contribution in [2.45, 2.75) is 11.8 Å². The number of thiophene rings is 1. The number of hydrogen-bond acceptors (Lipinski definition) is 6. The van der Waals surface area contributed by atoms with E-state index in [1.807, 2.05) is 38.4 Å². The van der Waals surface area contributed by atoms with E-state index in [-0.39, 0.29) is 11.9 Å². The Morgan fingerprint density at radius 1 is 1.31 bits per heavy atom. The number of aliphatic imine (C=N–C) groups is 1. The second kappa shape index (κ2) is 9.60. The van der Waals surface area contributed by atoms with Crippen molar-refractivity contribution < 1.29 is 4.79 Å². The van der Waals surface area contributed by atoms with Gasteiger partial charge in [-0.15, -0.1) is 11.3 Å². The summed E-state index contributed by atoms with van der Waals surface area (Å²) in [7, 11) is 4.09. The van der Waals surface area contributed by atoms with E-state index in [4.69, 9.17) is 0 Å². The Kier molecular flexibility index (Phi) is 7.19. The van der Waals surface area contributed by atoms with Gasteiger partial charge in [-0.05, 0) is 37.2 Å². The minimum Gasteiger partial charge on any atom is -0.350 e. The van der Waals surface area contributed by atoms with Crippen LogP contribution in [0.25, 0.3) is 0 Å². The van der Waals surface area contributed by atoms with Crippen LogP contribution in [-0.4, -0.2) is 48.1 Å². The highest BCUT2D eigenvalue weighted by molar-refractivity contribution is 8.38. The topological polar surface area (TPSA) is 44.7 Å². The zero-order chi connectivity index (χ0) is 18.4. The fourth-order valence-electron chi connectivity index (χ4n) is 2.71. The summed E-state index contributed by atoms with van der Waals surface area (Å²) in [6.07, 6.45) is 0.